The van der Waals surface area contributed by atoms with E-state index in [9.17, 15) is 4.79 Å². The maximum atomic E-state index is 11.8. The Bertz CT molecular complexity index is 644. The number of hydrogen-bond donors (Lipinski definition) is 1. The number of primary amides is 1. The van der Waals surface area contributed by atoms with Gasteiger partial charge in [0.05, 0.1) is 11.6 Å². The van der Waals surface area contributed by atoms with Crippen molar-refractivity contribution in [2.45, 2.75) is 12.6 Å². The number of nitrogens with zero attached hydrogens (tertiary/aromatic N) is 2. The Morgan fingerprint density at radius 2 is 1.81 bits per heavy atom. The molecule has 0 fully saturated rings. The molecule has 4 nitrogen and oxygen atoms in total. The maximum Gasteiger partial charge on any atom is 0.239 e. The topological polar surface area (TPSA) is 70.1 Å². The van der Waals surface area contributed by atoms with Crippen molar-refractivity contribution in [3.8, 4) is 6.07 Å². The number of nitrogens with two attached hydrogens (primary N) is 1. The predicted octanol–water partition coefficient (Wildman–Crippen LogP) is 2.22. The van der Waals surface area contributed by atoms with Crippen LogP contribution < -0.4 is 5.73 Å². The second kappa shape index (κ2) is 6.69. The fourth-order valence-electron chi connectivity index (χ4n) is 2.34. The van der Waals surface area contributed by atoms with Crippen molar-refractivity contribution in [3.05, 3.63) is 71.3 Å². The lowest BCUT2D eigenvalue weighted by atomic mass is 10.0. The average molecular weight is 279 g/mol. The van der Waals surface area contributed by atoms with E-state index in [-0.39, 0.29) is 5.91 Å². The van der Waals surface area contributed by atoms with Gasteiger partial charge in [0.2, 0.25) is 5.91 Å². The molecule has 0 aliphatic rings. The molecule has 106 valence electrons. The molecule has 1 amide bonds. The van der Waals surface area contributed by atoms with Crippen LogP contribution in [0.2, 0.25) is 0 Å². The standard InChI is InChI=1S/C17H17N3O/c1-20(12-14-9-7-13(11-18)8-10-14)16(17(19)21)15-5-3-2-4-6-15/h2-10,16H,12H2,1H3,(H2,19,21)/t16-/m0/s1. The van der Waals surface area contributed by atoms with Crippen molar-refractivity contribution in [2.24, 2.45) is 5.73 Å². The average Bonchev–Trinajstić information content (AvgIpc) is 2.49. The third-order valence-electron chi connectivity index (χ3n) is 3.34. The van der Waals surface area contributed by atoms with E-state index in [4.69, 9.17) is 11.0 Å². The van der Waals surface area contributed by atoms with Crippen LogP contribution in [-0.4, -0.2) is 17.9 Å². The summed E-state index contributed by atoms with van der Waals surface area (Å²) in [6.45, 7) is 0.578. The molecule has 0 aliphatic carbocycles. The van der Waals surface area contributed by atoms with Crippen molar-refractivity contribution in [3.63, 3.8) is 0 Å². The Morgan fingerprint density at radius 3 is 2.33 bits per heavy atom. The molecular weight excluding hydrogens is 262 g/mol. The Morgan fingerprint density at radius 1 is 1.19 bits per heavy atom. The van der Waals surface area contributed by atoms with Crippen LogP contribution in [0.4, 0.5) is 0 Å². The van der Waals surface area contributed by atoms with Crippen molar-refractivity contribution in [1.29, 1.82) is 5.26 Å². The highest BCUT2D eigenvalue weighted by Crippen LogP contribution is 2.21. The van der Waals surface area contributed by atoms with Crippen LogP contribution in [-0.2, 0) is 11.3 Å². The zero-order valence-electron chi connectivity index (χ0n) is 11.9. The van der Waals surface area contributed by atoms with Crippen LogP contribution in [0.3, 0.4) is 0 Å². The van der Waals surface area contributed by atoms with E-state index in [1.54, 1.807) is 12.1 Å². The number of amides is 1. The number of hydrogen-bond acceptors (Lipinski definition) is 3. The highest BCUT2D eigenvalue weighted by atomic mass is 16.1. The minimum absolute atomic E-state index is 0.377. The largest absolute Gasteiger partial charge is 0.368 e. The van der Waals surface area contributed by atoms with Crippen LogP contribution >= 0.6 is 0 Å². The Labute approximate surface area is 124 Å². The van der Waals surface area contributed by atoms with Gasteiger partial charge in [-0.25, -0.2) is 0 Å². The monoisotopic (exact) mass is 279 g/mol. The van der Waals surface area contributed by atoms with Crippen LogP contribution in [0.15, 0.2) is 54.6 Å². The van der Waals surface area contributed by atoms with Gasteiger partial charge in [-0.1, -0.05) is 42.5 Å². The second-order valence-electron chi connectivity index (χ2n) is 4.94. The van der Waals surface area contributed by atoms with E-state index in [0.717, 1.165) is 11.1 Å². The molecule has 0 spiro atoms. The molecule has 0 radical (unpaired) electrons. The molecular formula is C17H17N3O. The molecule has 2 rings (SSSR count). The lowest BCUT2D eigenvalue weighted by Crippen LogP contribution is -2.34. The van der Waals surface area contributed by atoms with E-state index in [1.165, 1.54) is 0 Å². The van der Waals surface area contributed by atoms with Gasteiger partial charge in [-0.15, -0.1) is 0 Å². The molecule has 0 unspecified atom stereocenters. The van der Waals surface area contributed by atoms with Gasteiger partial charge in [0.25, 0.3) is 0 Å². The van der Waals surface area contributed by atoms with Crippen molar-refractivity contribution >= 4 is 5.91 Å². The van der Waals surface area contributed by atoms with Gasteiger partial charge >= 0.3 is 0 Å². The molecule has 0 aromatic heterocycles. The molecule has 2 aromatic rings. The number of benzene rings is 2. The molecule has 2 aromatic carbocycles. The number of rotatable bonds is 5. The quantitative estimate of drug-likeness (QED) is 0.912. The Hall–Kier alpha value is -2.64. The minimum atomic E-state index is -0.471. The zero-order chi connectivity index (χ0) is 15.2. The molecule has 1 atom stereocenters. The Kier molecular flexibility index (Phi) is 4.70. The first-order valence-corrected chi connectivity index (χ1v) is 6.65. The number of carbonyl (C=O) groups excluding carboxylic acids is 1. The minimum Gasteiger partial charge on any atom is -0.368 e. The summed E-state index contributed by atoms with van der Waals surface area (Å²) in [5.41, 5.74) is 8.07. The normalized spacial score (nSPS) is 11.9. The summed E-state index contributed by atoms with van der Waals surface area (Å²) in [6, 6.07) is 18.4. The van der Waals surface area contributed by atoms with Crippen LogP contribution in [0.1, 0.15) is 22.7 Å². The van der Waals surface area contributed by atoms with Gasteiger partial charge in [0, 0.05) is 6.54 Å². The van der Waals surface area contributed by atoms with Gasteiger partial charge in [-0.3, -0.25) is 9.69 Å². The summed E-state index contributed by atoms with van der Waals surface area (Å²) < 4.78 is 0. The van der Waals surface area contributed by atoms with E-state index >= 15 is 0 Å². The lowest BCUT2D eigenvalue weighted by Gasteiger charge is -2.26. The molecule has 0 saturated heterocycles. The lowest BCUT2D eigenvalue weighted by molar-refractivity contribution is -0.123. The van der Waals surface area contributed by atoms with Gasteiger partial charge in [-0.2, -0.15) is 5.26 Å². The fraction of sp³-hybridized carbons (Fsp3) is 0.176. The summed E-state index contributed by atoms with van der Waals surface area (Å²) in [7, 11) is 1.86. The smallest absolute Gasteiger partial charge is 0.239 e. The Balaban J connectivity index is 2.17. The van der Waals surface area contributed by atoms with Crippen LogP contribution in [0.5, 0.6) is 0 Å². The second-order valence-corrected chi connectivity index (χ2v) is 4.94. The van der Waals surface area contributed by atoms with Gasteiger partial charge in [0.15, 0.2) is 0 Å². The summed E-state index contributed by atoms with van der Waals surface area (Å²) >= 11 is 0. The SMILES string of the molecule is CN(Cc1ccc(C#N)cc1)[C@H](C(N)=O)c1ccccc1. The van der Waals surface area contributed by atoms with Crippen molar-refractivity contribution in [2.75, 3.05) is 7.05 Å². The van der Waals surface area contributed by atoms with E-state index in [2.05, 4.69) is 6.07 Å². The van der Waals surface area contributed by atoms with Gasteiger partial charge in [0.1, 0.15) is 6.04 Å². The fourth-order valence-corrected chi connectivity index (χ4v) is 2.34. The first-order chi connectivity index (χ1) is 10.1. The molecule has 0 aliphatic heterocycles. The molecule has 0 heterocycles. The number of nitriles is 1. The summed E-state index contributed by atoms with van der Waals surface area (Å²) in [5.74, 6) is -0.377. The molecule has 0 saturated carbocycles. The van der Waals surface area contributed by atoms with Crippen LogP contribution in [0, 0.1) is 11.3 Å². The highest BCUT2D eigenvalue weighted by molar-refractivity contribution is 5.81. The third kappa shape index (κ3) is 3.68. The molecule has 21 heavy (non-hydrogen) atoms. The van der Waals surface area contributed by atoms with Gasteiger partial charge in [-0.05, 0) is 30.3 Å². The van der Waals surface area contributed by atoms with Crippen LogP contribution in [0.25, 0.3) is 0 Å². The molecule has 0 bridgehead atoms. The molecule has 4 heteroatoms. The summed E-state index contributed by atoms with van der Waals surface area (Å²) in [5, 5.41) is 8.80. The van der Waals surface area contributed by atoms with E-state index < -0.39 is 6.04 Å². The van der Waals surface area contributed by atoms with Gasteiger partial charge < -0.3 is 5.73 Å². The van der Waals surface area contributed by atoms with E-state index in [0.29, 0.717) is 12.1 Å². The van der Waals surface area contributed by atoms with Crippen molar-refractivity contribution in [1.82, 2.24) is 4.90 Å². The first-order valence-electron chi connectivity index (χ1n) is 6.65. The van der Waals surface area contributed by atoms with Crippen molar-refractivity contribution < 1.29 is 4.79 Å². The van der Waals surface area contributed by atoms with E-state index in [1.807, 2.05) is 54.4 Å². The predicted molar refractivity (Wildman–Crippen MR) is 81.0 cm³/mol. The summed E-state index contributed by atoms with van der Waals surface area (Å²) in [6.07, 6.45) is 0. The maximum absolute atomic E-state index is 11.8. The highest BCUT2D eigenvalue weighted by Gasteiger charge is 2.22. The molecule has 2 N–H and O–H groups in total. The third-order valence-corrected chi connectivity index (χ3v) is 3.34. The zero-order valence-corrected chi connectivity index (χ0v) is 11.9. The number of carbonyl (C=O) groups is 1. The number of likely N-dealkylation sites (N-methyl/N-ethyl adjacent to an activating group) is 1. The first kappa shape index (κ1) is 14.8. The summed E-state index contributed by atoms with van der Waals surface area (Å²) in [4.78, 5) is 13.7.